The first-order chi connectivity index (χ1) is 4.21. The summed E-state index contributed by atoms with van der Waals surface area (Å²) < 4.78 is 0. The third-order valence-electron chi connectivity index (χ3n) is 0.565. The van der Waals surface area contributed by atoms with Crippen molar-refractivity contribution < 1.29 is 0 Å². The summed E-state index contributed by atoms with van der Waals surface area (Å²) in [5, 5.41) is 7.61. The van der Waals surface area contributed by atoms with Crippen LogP contribution in [0.4, 0.5) is 0 Å². The molecule has 0 aromatic rings. The Hall–Kier alpha value is -0.480. The van der Waals surface area contributed by atoms with Crippen LogP contribution in [-0.4, -0.2) is 11.3 Å². The maximum absolute atomic E-state index is 5.53. The smallest absolute Gasteiger partial charge is 0.123 e. The quantitative estimate of drug-likeness (QED) is 0.563. The van der Waals surface area contributed by atoms with Gasteiger partial charge in [0.05, 0.1) is 0 Å². The number of azo groups is 1. The van der Waals surface area contributed by atoms with Gasteiger partial charge in [0.15, 0.2) is 0 Å². The molecule has 0 aliphatic heterocycles. The summed E-state index contributed by atoms with van der Waals surface area (Å²) in [4.78, 5) is 0. The Morgan fingerprint density at radius 1 is 0.800 bits per heavy atom. The fourth-order valence-electron chi connectivity index (χ4n) is 0.258. The molecule has 10 heavy (non-hydrogen) atoms. The SMILES string of the molecule is CC(C)(N)N=NC(C)(C)N. The summed E-state index contributed by atoms with van der Waals surface area (Å²) in [5.41, 5.74) is 9.82. The lowest BCUT2D eigenvalue weighted by Gasteiger charge is -2.15. The summed E-state index contributed by atoms with van der Waals surface area (Å²) in [6.45, 7) is 7.06. The highest BCUT2D eigenvalue weighted by Gasteiger charge is 2.12. The van der Waals surface area contributed by atoms with Gasteiger partial charge in [0, 0.05) is 0 Å². The maximum atomic E-state index is 5.53. The van der Waals surface area contributed by atoms with Crippen LogP contribution in [0, 0.1) is 0 Å². The first kappa shape index (κ1) is 9.52. The fraction of sp³-hybridized carbons (Fsp3) is 1.00. The maximum Gasteiger partial charge on any atom is 0.123 e. The Morgan fingerprint density at radius 3 is 1.10 bits per heavy atom. The highest BCUT2D eigenvalue weighted by molar-refractivity contribution is 4.70. The van der Waals surface area contributed by atoms with Gasteiger partial charge in [0.25, 0.3) is 0 Å². The first-order valence-corrected chi connectivity index (χ1v) is 3.22. The van der Waals surface area contributed by atoms with E-state index in [2.05, 4.69) is 10.2 Å². The Bertz CT molecular complexity index is 110. The van der Waals surface area contributed by atoms with Crippen molar-refractivity contribution in [1.82, 2.24) is 0 Å². The molecule has 0 rings (SSSR count). The largest absolute Gasteiger partial charge is 0.306 e. The van der Waals surface area contributed by atoms with Crippen molar-refractivity contribution in [2.75, 3.05) is 0 Å². The number of rotatable bonds is 2. The van der Waals surface area contributed by atoms with Gasteiger partial charge >= 0.3 is 0 Å². The van der Waals surface area contributed by atoms with E-state index in [-0.39, 0.29) is 0 Å². The van der Waals surface area contributed by atoms with Gasteiger partial charge in [-0.2, -0.15) is 10.2 Å². The van der Waals surface area contributed by atoms with Crippen LogP contribution in [0.3, 0.4) is 0 Å². The van der Waals surface area contributed by atoms with Crippen molar-refractivity contribution >= 4 is 0 Å². The highest BCUT2D eigenvalue weighted by atomic mass is 15.3. The lowest BCUT2D eigenvalue weighted by molar-refractivity contribution is 0.438. The van der Waals surface area contributed by atoms with Gasteiger partial charge < -0.3 is 11.5 Å². The lowest BCUT2D eigenvalue weighted by atomic mass is 10.3. The van der Waals surface area contributed by atoms with Crippen LogP contribution in [0.2, 0.25) is 0 Å². The molecule has 4 N–H and O–H groups in total. The zero-order valence-corrected chi connectivity index (χ0v) is 7.05. The Labute approximate surface area is 61.7 Å². The molecule has 0 heterocycles. The Morgan fingerprint density at radius 2 is 1.00 bits per heavy atom. The molecule has 0 aliphatic carbocycles. The number of nitrogens with two attached hydrogens (primary N) is 2. The molecule has 4 nitrogen and oxygen atoms in total. The minimum atomic E-state index is -0.614. The van der Waals surface area contributed by atoms with E-state index in [1.807, 2.05) is 0 Å². The van der Waals surface area contributed by atoms with E-state index in [4.69, 9.17) is 11.5 Å². The van der Waals surface area contributed by atoms with Gasteiger partial charge in [-0.1, -0.05) is 0 Å². The Balaban J connectivity index is 4.01. The minimum Gasteiger partial charge on any atom is -0.306 e. The van der Waals surface area contributed by atoms with Crippen LogP contribution < -0.4 is 11.5 Å². The lowest BCUT2D eigenvalue weighted by Crippen LogP contribution is -2.33. The number of nitrogens with zero attached hydrogens (tertiary/aromatic N) is 2. The van der Waals surface area contributed by atoms with Gasteiger partial charge in [-0.3, -0.25) is 0 Å². The van der Waals surface area contributed by atoms with Gasteiger partial charge in [-0.05, 0) is 27.7 Å². The van der Waals surface area contributed by atoms with Crippen LogP contribution >= 0.6 is 0 Å². The molecular weight excluding hydrogens is 128 g/mol. The van der Waals surface area contributed by atoms with Gasteiger partial charge in [0.2, 0.25) is 0 Å². The van der Waals surface area contributed by atoms with Crippen molar-refractivity contribution in [3.63, 3.8) is 0 Å². The van der Waals surface area contributed by atoms with Gasteiger partial charge in [0.1, 0.15) is 11.3 Å². The predicted octanol–water partition coefficient (Wildman–Crippen LogP) is 0.828. The molecule has 0 aliphatic rings. The van der Waals surface area contributed by atoms with E-state index in [1.165, 1.54) is 0 Å². The first-order valence-electron chi connectivity index (χ1n) is 3.22. The fourth-order valence-corrected chi connectivity index (χ4v) is 0.258. The monoisotopic (exact) mass is 144 g/mol. The summed E-state index contributed by atoms with van der Waals surface area (Å²) in [7, 11) is 0. The Kier molecular flexibility index (Phi) is 2.51. The molecule has 0 saturated heterocycles. The minimum absolute atomic E-state index is 0.614. The van der Waals surface area contributed by atoms with E-state index >= 15 is 0 Å². The second-order valence-electron chi connectivity index (χ2n) is 3.51. The molecule has 0 unspecified atom stereocenters. The van der Waals surface area contributed by atoms with E-state index in [0.29, 0.717) is 0 Å². The predicted molar refractivity (Wildman–Crippen MR) is 41.4 cm³/mol. The number of hydrogen-bond donors (Lipinski definition) is 2. The second kappa shape index (κ2) is 2.64. The highest BCUT2D eigenvalue weighted by Crippen LogP contribution is 2.05. The van der Waals surface area contributed by atoms with Crippen molar-refractivity contribution in [3.8, 4) is 0 Å². The van der Waals surface area contributed by atoms with Gasteiger partial charge in [-0.15, -0.1) is 0 Å². The van der Waals surface area contributed by atoms with E-state index in [1.54, 1.807) is 27.7 Å². The molecule has 0 bridgehead atoms. The molecule has 0 atom stereocenters. The zero-order chi connectivity index (χ0) is 8.41. The third kappa shape index (κ3) is 7.52. The van der Waals surface area contributed by atoms with Crippen molar-refractivity contribution in [1.29, 1.82) is 0 Å². The standard InChI is InChI=1S/C6H16N4/c1-5(2,7)9-10-6(3,4)8/h7-8H2,1-4H3. The summed E-state index contributed by atoms with van der Waals surface area (Å²) in [6, 6.07) is 0. The number of hydrogen-bond acceptors (Lipinski definition) is 4. The second-order valence-corrected chi connectivity index (χ2v) is 3.51. The van der Waals surface area contributed by atoms with Crippen molar-refractivity contribution in [2.45, 2.75) is 39.0 Å². The topological polar surface area (TPSA) is 76.8 Å². The molecular formula is C6H16N4. The van der Waals surface area contributed by atoms with Crippen molar-refractivity contribution in [2.24, 2.45) is 21.7 Å². The average molecular weight is 144 g/mol. The molecule has 0 fully saturated rings. The van der Waals surface area contributed by atoms with E-state index in [0.717, 1.165) is 0 Å². The zero-order valence-electron chi connectivity index (χ0n) is 7.05. The normalized spacial score (nSPS) is 14.6. The molecule has 0 saturated carbocycles. The molecule has 0 spiro atoms. The molecule has 0 aromatic carbocycles. The van der Waals surface area contributed by atoms with Crippen LogP contribution in [0.25, 0.3) is 0 Å². The van der Waals surface area contributed by atoms with Crippen LogP contribution in [0.15, 0.2) is 10.2 Å². The average Bonchev–Trinajstić information content (AvgIpc) is 1.57. The molecule has 0 amide bonds. The molecule has 0 radical (unpaired) electrons. The third-order valence-corrected chi connectivity index (χ3v) is 0.565. The van der Waals surface area contributed by atoms with Crippen LogP contribution in [-0.2, 0) is 0 Å². The van der Waals surface area contributed by atoms with Crippen molar-refractivity contribution in [3.05, 3.63) is 0 Å². The summed E-state index contributed by atoms with van der Waals surface area (Å²) in [6.07, 6.45) is 0. The molecule has 60 valence electrons. The summed E-state index contributed by atoms with van der Waals surface area (Å²) >= 11 is 0. The van der Waals surface area contributed by atoms with Crippen LogP contribution in [0.1, 0.15) is 27.7 Å². The van der Waals surface area contributed by atoms with E-state index in [9.17, 15) is 0 Å². The van der Waals surface area contributed by atoms with E-state index < -0.39 is 11.3 Å². The summed E-state index contributed by atoms with van der Waals surface area (Å²) in [5.74, 6) is 0. The van der Waals surface area contributed by atoms with Gasteiger partial charge in [-0.25, -0.2) is 0 Å². The molecule has 4 heteroatoms. The van der Waals surface area contributed by atoms with Crippen LogP contribution in [0.5, 0.6) is 0 Å². The molecule has 0 aromatic heterocycles.